The monoisotopic (exact) mass is 517 g/mol. The SMILES string of the molecule is CCOCCn1c(=NC(=O)c2ccc(S(=O)(=O)N3CCC(C)CC3)cc2)sc2cccc(OC)c21. The quantitative estimate of drug-likeness (QED) is 0.423. The van der Waals surface area contributed by atoms with Crippen LogP contribution >= 0.6 is 11.3 Å². The van der Waals surface area contributed by atoms with Gasteiger partial charge in [-0.25, -0.2) is 8.42 Å². The summed E-state index contributed by atoms with van der Waals surface area (Å²) in [6.07, 6.45) is 1.72. The van der Waals surface area contributed by atoms with Gasteiger partial charge in [-0.05, 0) is 62.1 Å². The molecule has 188 valence electrons. The molecule has 0 unspecified atom stereocenters. The van der Waals surface area contributed by atoms with E-state index >= 15 is 0 Å². The Morgan fingerprint density at radius 1 is 1.14 bits per heavy atom. The van der Waals surface area contributed by atoms with E-state index in [-0.39, 0.29) is 4.90 Å². The number of sulfonamides is 1. The summed E-state index contributed by atoms with van der Waals surface area (Å²) in [5.74, 6) is 0.801. The van der Waals surface area contributed by atoms with E-state index in [1.165, 1.54) is 39.9 Å². The van der Waals surface area contributed by atoms with Crippen molar-refractivity contribution in [2.24, 2.45) is 10.9 Å². The van der Waals surface area contributed by atoms with E-state index < -0.39 is 15.9 Å². The Bertz CT molecular complexity index is 1350. The van der Waals surface area contributed by atoms with Gasteiger partial charge in [-0.2, -0.15) is 9.30 Å². The number of ether oxygens (including phenoxy) is 2. The molecule has 0 N–H and O–H groups in total. The largest absolute Gasteiger partial charge is 0.495 e. The van der Waals surface area contributed by atoms with Crippen LogP contribution in [-0.4, -0.2) is 56.6 Å². The maximum atomic E-state index is 13.0. The summed E-state index contributed by atoms with van der Waals surface area (Å²) >= 11 is 1.40. The highest BCUT2D eigenvalue weighted by atomic mass is 32.2. The lowest BCUT2D eigenvalue weighted by atomic mass is 10.0. The maximum absolute atomic E-state index is 13.0. The highest BCUT2D eigenvalue weighted by Crippen LogP contribution is 2.27. The van der Waals surface area contributed by atoms with E-state index in [2.05, 4.69) is 11.9 Å². The van der Waals surface area contributed by atoms with Crippen LogP contribution in [0.25, 0.3) is 10.2 Å². The molecule has 35 heavy (non-hydrogen) atoms. The molecule has 0 saturated carbocycles. The zero-order chi connectivity index (χ0) is 25.0. The van der Waals surface area contributed by atoms with Crippen molar-refractivity contribution in [1.82, 2.24) is 8.87 Å². The molecule has 0 spiro atoms. The molecule has 10 heteroatoms. The van der Waals surface area contributed by atoms with Crippen molar-refractivity contribution in [2.75, 3.05) is 33.4 Å². The van der Waals surface area contributed by atoms with Gasteiger partial charge >= 0.3 is 0 Å². The molecular weight excluding hydrogens is 486 g/mol. The molecule has 1 fully saturated rings. The summed E-state index contributed by atoms with van der Waals surface area (Å²) < 4.78 is 41.5. The number of benzene rings is 2. The second-order valence-electron chi connectivity index (χ2n) is 8.57. The summed E-state index contributed by atoms with van der Waals surface area (Å²) in [4.78, 5) is 18.1. The average molecular weight is 518 g/mol. The second-order valence-corrected chi connectivity index (χ2v) is 11.5. The van der Waals surface area contributed by atoms with Crippen LogP contribution in [-0.2, 0) is 21.3 Å². The second kappa shape index (κ2) is 11.0. The highest BCUT2D eigenvalue weighted by molar-refractivity contribution is 7.89. The number of aromatic nitrogens is 1. The van der Waals surface area contributed by atoms with Gasteiger partial charge in [0.25, 0.3) is 5.91 Å². The van der Waals surface area contributed by atoms with Gasteiger partial charge in [0.2, 0.25) is 10.0 Å². The Balaban J connectivity index is 1.63. The van der Waals surface area contributed by atoms with Gasteiger partial charge in [0.1, 0.15) is 11.3 Å². The lowest BCUT2D eigenvalue weighted by Crippen LogP contribution is -2.37. The van der Waals surface area contributed by atoms with Crippen LogP contribution in [0.1, 0.15) is 37.0 Å². The molecule has 0 bridgehead atoms. The molecule has 1 saturated heterocycles. The molecule has 2 heterocycles. The normalized spacial score (nSPS) is 16.1. The molecular formula is C25H31N3O5S2. The van der Waals surface area contributed by atoms with Crippen molar-refractivity contribution in [3.8, 4) is 5.75 Å². The number of para-hydroxylation sites is 1. The molecule has 0 radical (unpaired) electrons. The third kappa shape index (κ3) is 5.50. The van der Waals surface area contributed by atoms with Gasteiger partial charge < -0.3 is 14.0 Å². The van der Waals surface area contributed by atoms with Crippen molar-refractivity contribution in [3.63, 3.8) is 0 Å². The Kier molecular flexibility index (Phi) is 8.05. The summed E-state index contributed by atoms with van der Waals surface area (Å²) in [5, 5.41) is 0. The molecule has 1 aliphatic rings. The minimum Gasteiger partial charge on any atom is -0.495 e. The Morgan fingerprint density at radius 3 is 2.51 bits per heavy atom. The van der Waals surface area contributed by atoms with Gasteiger partial charge in [0.05, 0.1) is 23.3 Å². The number of methoxy groups -OCH3 is 1. The number of hydrogen-bond acceptors (Lipinski definition) is 6. The predicted molar refractivity (Wildman–Crippen MR) is 136 cm³/mol. The molecule has 2 aromatic carbocycles. The van der Waals surface area contributed by atoms with Crippen molar-refractivity contribution >= 4 is 37.5 Å². The van der Waals surface area contributed by atoms with Crippen LogP contribution in [0.3, 0.4) is 0 Å². The van der Waals surface area contributed by atoms with Crippen LogP contribution in [0.4, 0.5) is 0 Å². The van der Waals surface area contributed by atoms with E-state index in [0.29, 0.717) is 54.9 Å². The Morgan fingerprint density at radius 2 is 1.86 bits per heavy atom. The number of carbonyl (C=O) groups excluding carboxylic acids is 1. The number of carbonyl (C=O) groups is 1. The maximum Gasteiger partial charge on any atom is 0.279 e. The minimum absolute atomic E-state index is 0.196. The van der Waals surface area contributed by atoms with Crippen molar-refractivity contribution in [2.45, 2.75) is 38.1 Å². The first-order chi connectivity index (χ1) is 16.8. The van der Waals surface area contributed by atoms with E-state index in [9.17, 15) is 13.2 Å². The van der Waals surface area contributed by atoms with E-state index in [1.54, 1.807) is 7.11 Å². The summed E-state index contributed by atoms with van der Waals surface area (Å²) in [7, 11) is -1.96. The van der Waals surface area contributed by atoms with E-state index in [1.807, 2.05) is 29.7 Å². The van der Waals surface area contributed by atoms with Crippen molar-refractivity contribution < 1.29 is 22.7 Å². The molecule has 1 amide bonds. The smallest absolute Gasteiger partial charge is 0.279 e. The zero-order valence-corrected chi connectivity index (χ0v) is 21.9. The number of rotatable bonds is 8. The standard InChI is InChI=1S/C25H31N3O5S2/c1-4-33-17-16-28-23-21(32-3)6-5-7-22(23)34-25(28)26-24(29)19-8-10-20(11-9-19)35(30,31)27-14-12-18(2)13-15-27/h5-11,18H,4,12-17H2,1-3H3. The fourth-order valence-corrected chi connectivity index (χ4v) is 6.69. The molecule has 4 rings (SSSR count). The molecule has 1 aromatic heterocycles. The number of thiazole rings is 1. The molecule has 0 aliphatic carbocycles. The van der Waals surface area contributed by atoms with Crippen LogP contribution in [0.2, 0.25) is 0 Å². The first-order valence-corrected chi connectivity index (χ1v) is 14.0. The summed E-state index contributed by atoms with van der Waals surface area (Å²) in [6.45, 7) is 6.71. The van der Waals surface area contributed by atoms with Crippen molar-refractivity contribution in [3.05, 3.63) is 52.8 Å². The van der Waals surface area contributed by atoms with Gasteiger partial charge in [0.15, 0.2) is 4.80 Å². The number of hydrogen-bond donors (Lipinski definition) is 0. The minimum atomic E-state index is -3.57. The third-order valence-corrected chi connectivity index (χ3v) is 9.18. The number of nitrogens with zero attached hydrogens (tertiary/aromatic N) is 3. The first-order valence-electron chi connectivity index (χ1n) is 11.8. The molecule has 3 aromatic rings. The topological polar surface area (TPSA) is 90.2 Å². The van der Waals surface area contributed by atoms with E-state index in [4.69, 9.17) is 9.47 Å². The van der Waals surface area contributed by atoms with Crippen LogP contribution in [0.15, 0.2) is 52.4 Å². The lowest BCUT2D eigenvalue weighted by molar-refractivity contribution is 0.0996. The Hall–Kier alpha value is -2.53. The zero-order valence-electron chi connectivity index (χ0n) is 20.3. The van der Waals surface area contributed by atoms with E-state index in [0.717, 1.165) is 23.1 Å². The third-order valence-electron chi connectivity index (χ3n) is 6.23. The lowest BCUT2D eigenvalue weighted by Gasteiger charge is -2.29. The fraction of sp³-hybridized carbons (Fsp3) is 0.440. The van der Waals surface area contributed by atoms with Gasteiger partial charge in [-0.15, -0.1) is 0 Å². The van der Waals surface area contributed by atoms with Gasteiger partial charge in [0, 0.05) is 31.8 Å². The van der Waals surface area contributed by atoms with Crippen molar-refractivity contribution in [1.29, 1.82) is 0 Å². The number of piperidine rings is 1. The summed E-state index contributed by atoms with van der Waals surface area (Å²) in [6, 6.07) is 11.8. The number of fused-ring (bicyclic) bond motifs is 1. The predicted octanol–water partition coefficient (Wildman–Crippen LogP) is 3.91. The Labute approximate surface area is 209 Å². The highest BCUT2D eigenvalue weighted by Gasteiger charge is 2.28. The molecule has 0 atom stereocenters. The molecule has 8 nitrogen and oxygen atoms in total. The molecule has 1 aliphatic heterocycles. The summed E-state index contributed by atoms with van der Waals surface area (Å²) in [5.41, 5.74) is 1.19. The average Bonchev–Trinajstić information content (AvgIpc) is 3.21. The van der Waals surface area contributed by atoms with Gasteiger partial charge in [-0.1, -0.05) is 24.3 Å². The van der Waals surface area contributed by atoms with Crippen LogP contribution < -0.4 is 9.54 Å². The van der Waals surface area contributed by atoms with Crippen LogP contribution in [0.5, 0.6) is 5.75 Å². The number of amides is 1. The van der Waals surface area contributed by atoms with Crippen LogP contribution in [0, 0.1) is 5.92 Å². The fourth-order valence-electron chi connectivity index (χ4n) is 4.15. The van der Waals surface area contributed by atoms with Gasteiger partial charge in [-0.3, -0.25) is 4.79 Å². The first kappa shape index (κ1) is 25.6.